The standard InChI is InChI=1S/C27H32N4O3S/c1-17(2)20-11-9-19(10-12-20)15-22-24(33)31(21-13-7-18(3)8-14-21)26(28-22)35-16-23(32)29-25(34)30-27(4,5)6/h7-15,17H,16H2,1-6H3,(H2,29,30,32,34). The Balaban J connectivity index is 1.81. The molecule has 1 aliphatic rings. The van der Waals surface area contributed by atoms with E-state index in [4.69, 9.17) is 0 Å². The number of hydrogen-bond acceptors (Lipinski definition) is 5. The van der Waals surface area contributed by atoms with Crippen LogP contribution in [0.25, 0.3) is 6.08 Å². The molecule has 0 saturated carbocycles. The zero-order chi connectivity index (χ0) is 25.8. The van der Waals surface area contributed by atoms with Crippen LogP contribution in [0.2, 0.25) is 0 Å². The van der Waals surface area contributed by atoms with Gasteiger partial charge >= 0.3 is 6.03 Å². The number of carbonyl (C=O) groups is 3. The molecule has 0 aliphatic carbocycles. The lowest BCUT2D eigenvalue weighted by atomic mass is 10.0. The number of thioether (sulfide) groups is 1. The van der Waals surface area contributed by atoms with Crippen molar-refractivity contribution in [3.63, 3.8) is 0 Å². The highest BCUT2D eigenvalue weighted by Crippen LogP contribution is 2.30. The van der Waals surface area contributed by atoms with Gasteiger partial charge in [0.15, 0.2) is 5.17 Å². The Hall–Kier alpha value is -3.39. The number of rotatable bonds is 5. The topological polar surface area (TPSA) is 90.9 Å². The first-order chi connectivity index (χ1) is 16.4. The van der Waals surface area contributed by atoms with Crippen LogP contribution in [-0.2, 0) is 9.59 Å². The second kappa shape index (κ2) is 10.9. The molecule has 2 aromatic carbocycles. The first kappa shape index (κ1) is 26.2. The van der Waals surface area contributed by atoms with Gasteiger partial charge in [0.2, 0.25) is 5.91 Å². The molecule has 184 valence electrons. The molecule has 4 amide bonds. The van der Waals surface area contributed by atoms with Crippen LogP contribution in [0, 0.1) is 6.92 Å². The van der Waals surface area contributed by atoms with Gasteiger partial charge in [0.1, 0.15) is 5.70 Å². The summed E-state index contributed by atoms with van der Waals surface area (Å²) in [4.78, 5) is 43.7. The van der Waals surface area contributed by atoms with Crippen molar-refractivity contribution >= 4 is 46.5 Å². The van der Waals surface area contributed by atoms with Crippen LogP contribution >= 0.6 is 11.8 Å². The van der Waals surface area contributed by atoms with Gasteiger partial charge in [-0.2, -0.15) is 0 Å². The van der Waals surface area contributed by atoms with Gasteiger partial charge in [-0.25, -0.2) is 9.79 Å². The molecule has 2 N–H and O–H groups in total. The number of carbonyl (C=O) groups excluding carboxylic acids is 3. The summed E-state index contributed by atoms with van der Waals surface area (Å²) in [7, 11) is 0. The molecule has 2 aromatic rings. The van der Waals surface area contributed by atoms with E-state index >= 15 is 0 Å². The maximum absolute atomic E-state index is 13.3. The average Bonchev–Trinajstić information content (AvgIpc) is 3.07. The molecular weight excluding hydrogens is 460 g/mol. The van der Waals surface area contributed by atoms with Crippen LogP contribution < -0.4 is 15.5 Å². The summed E-state index contributed by atoms with van der Waals surface area (Å²) in [5, 5.41) is 5.39. The number of aryl methyl sites for hydroxylation is 1. The SMILES string of the molecule is Cc1ccc(N2C(=O)C(=Cc3ccc(C(C)C)cc3)N=C2SCC(=O)NC(=O)NC(C)(C)C)cc1. The quantitative estimate of drug-likeness (QED) is 0.560. The predicted octanol–water partition coefficient (Wildman–Crippen LogP) is 5.22. The van der Waals surface area contributed by atoms with Crippen LogP contribution in [-0.4, -0.2) is 34.3 Å². The summed E-state index contributed by atoms with van der Waals surface area (Å²) in [6.07, 6.45) is 1.75. The number of nitrogens with one attached hydrogen (secondary N) is 2. The Bertz CT molecular complexity index is 1160. The second-order valence-electron chi connectivity index (χ2n) is 9.76. The number of amides is 4. The van der Waals surface area contributed by atoms with E-state index in [0.717, 1.165) is 22.9 Å². The molecule has 0 aromatic heterocycles. The first-order valence-corrected chi connectivity index (χ1v) is 12.5. The molecule has 0 radical (unpaired) electrons. The molecule has 1 aliphatic heterocycles. The van der Waals surface area contributed by atoms with Gasteiger partial charge in [0.05, 0.1) is 11.4 Å². The summed E-state index contributed by atoms with van der Waals surface area (Å²) >= 11 is 1.11. The summed E-state index contributed by atoms with van der Waals surface area (Å²) in [6, 6.07) is 15.0. The van der Waals surface area contributed by atoms with Crippen molar-refractivity contribution in [2.45, 2.75) is 53.0 Å². The van der Waals surface area contributed by atoms with Crippen molar-refractivity contribution in [1.82, 2.24) is 10.6 Å². The van der Waals surface area contributed by atoms with E-state index in [1.807, 2.05) is 76.2 Å². The van der Waals surface area contributed by atoms with Gasteiger partial charge in [0, 0.05) is 5.54 Å². The molecule has 0 spiro atoms. The monoisotopic (exact) mass is 492 g/mol. The smallest absolute Gasteiger partial charge is 0.321 e. The molecule has 3 rings (SSSR count). The normalized spacial score (nSPS) is 14.9. The molecule has 0 atom stereocenters. The van der Waals surface area contributed by atoms with Gasteiger partial charge < -0.3 is 5.32 Å². The molecule has 0 saturated heterocycles. The lowest BCUT2D eigenvalue weighted by Gasteiger charge is -2.20. The minimum absolute atomic E-state index is 0.0671. The number of imide groups is 1. The highest BCUT2D eigenvalue weighted by Gasteiger charge is 2.32. The highest BCUT2D eigenvalue weighted by atomic mass is 32.2. The van der Waals surface area contributed by atoms with Crippen LogP contribution in [0.4, 0.5) is 10.5 Å². The summed E-state index contributed by atoms with van der Waals surface area (Å²) in [5.74, 6) is -0.394. The Morgan fingerprint density at radius 3 is 2.26 bits per heavy atom. The second-order valence-corrected chi connectivity index (χ2v) is 10.7. The van der Waals surface area contributed by atoms with Crippen LogP contribution in [0.3, 0.4) is 0 Å². The molecule has 7 nitrogen and oxygen atoms in total. The Labute approximate surface area is 211 Å². The van der Waals surface area contributed by atoms with Gasteiger partial charge in [-0.3, -0.25) is 19.8 Å². The fraction of sp³-hybridized carbons (Fsp3) is 0.333. The number of anilines is 1. The lowest BCUT2D eigenvalue weighted by Crippen LogP contribution is -2.48. The third-order valence-electron chi connectivity index (χ3n) is 5.10. The zero-order valence-corrected chi connectivity index (χ0v) is 21.8. The lowest BCUT2D eigenvalue weighted by molar-refractivity contribution is -0.117. The van der Waals surface area contributed by atoms with E-state index in [2.05, 4.69) is 29.5 Å². The van der Waals surface area contributed by atoms with Crippen molar-refractivity contribution < 1.29 is 14.4 Å². The molecule has 8 heteroatoms. The van der Waals surface area contributed by atoms with Crippen LogP contribution in [0.1, 0.15) is 57.2 Å². The Morgan fingerprint density at radius 2 is 1.69 bits per heavy atom. The molecular formula is C27H32N4O3S. The Kier molecular flexibility index (Phi) is 8.17. The van der Waals surface area contributed by atoms with Crippen LogP contribution in [0.5, 0.6) is 0 Å². The highest BCUT2D eigenvalue weighted by molar-refractivity contribution is 8.14. The molecule has 1 heterocycles. The molecule has 0 unspecified atom stereocenters. The number of nitrogens with zero attached hydrogens (tertiary/aromatic N) is 2. The van der Waals surface area contributed by atoms with E-state index in [-0.39, 0.29) is 17.4 Å². The summed E-state index contributed by atoms with van der Waals surface area (Å²) < 4.78 is 0. The molecule has 35 heavy (non-hydrogen) atoms. The number of hydrogen-bond donors (Lipinski definition) is 2. The van der Waals surface area contributed by atoms with Crippen molar-refractivity contribution in [2.75, 3.05) is 10.7 Å². The van der Waals surface area contributed by atoms with E-state index in [1.165, 1.54) is 10.5 Å². The molecule has 0 bridgehead atoms. The van der Waals surface area contributed by atoms with Gasteiger partial charge in [0.25, 0.3) is 5.91 Å². The number of urea groups is 1. The number of aliphatic imine (C=N–C) groups is 1. The average molecular weight is 493 g/mol. The van der Waals surface area contributed by atoms with Crippen molar-refractivity contribution in [1.29, 1.82) is 0 Å². The van der Waals surface area contributed by atoms with Gasteiger partial charge in [-0.15, -0.1) is 0 Å². The van der Waals surface area contributed by atoms with Crippen molar-refractivity contribution in [3.05, 3.63) is 70.9 Å². The summed E-state index contributed by atoms with van der Waals surface area (Å²) in [6.45, 7) is 11.7. The number of benzene rings is 2. The third kappa shape index (κ3) is 7.29. The maximum atomic E-state index is 13.3. The minimum atomic E-state index is -0.562. The fourth-order valence-electron chi connectivity index (χ4n) is 3.31. The third-order valence-corrected chi connectivity index (χ3v) is 6.04. The zero-order valence-electron chi connectivity index (χ0n) is 21.0. The van der Waals surface area contributed by atoms with Crippen molar-refractivity contribution in [3.8, 4) is 0 Å². The van der Waals surface area contributed by atoms with Crippen LogP contribution in [0.15, 0.2) is 59.2 Å². The summed E-state index contributed by atoms with van der Waals surface area (Å²) in [5.41, 5.74) is 3.64. The van der Waals surface area contributed by atoms with Crippen molar-refractivity contribution in [2.24, 2.45) is 4.99 Å². The first-order valence-electron chi connectivity index (χ1n) is 11.5. The fourth-order valence-corrected chi connectivity index (χ4v) is 4.13. The molecule has 0 fully saturated rings. The minimum Gasteiger partial charge on any atom is -0.333 e. The predicted molar refractivity (Wildman–Crippen MR) is 143 cm³/mol. The van der Waals surface area contributed by atoms with Gasteiger partial charge in [-0.1, -0.05) is 67.6 Å². The largest absolute Gasteiger partial charge is 0.333 e. The van der Waals surface area contributed by atoms with E-state index in [1.54, 1.807) is 6.08 Å². The number of amidine groups is 1. The maximum Gasteiger partial charge on any atom is 0.321 e. The van der Waals surface area contributed by atoms with E-state index in [9.17, 15) is 14.4 Å². The van der Waals surface area contributed by atoms with Gasteiger partial charge in [-0.05, 0) is 62.9 Å². The van der Waals surface area contributed by atoms with E-state index in [0.29, 0.717) is 16.8 Å². The van der Waals surface area contributed by atoms with E-state index < -0.39 is 17.5 Å². The Morgan fingerprint density at radius 1 is 1.06 bits per heavy atom.